The van der Waals surface area contributed by atoms with Crippen molar-refractivity contribution in [3.63, 3.8) is 0 Å². The topological polar surface area (TPSA) is 69.1 Å². The van der Waals surface area contributed by atoms with Gasteiger partial charge in [0.25, 0.3) is 0 Å². The second-order valence-corrected chi connectivity index (χ2v) is 6.64. The van der Waals surface area contributed by atoms with Crippen LogP contribution in [0.5, 0.6) is 11.5 Å². The van der Waals surface area contributed by atoms with E-state index in [0.717, 1.165) is 11.1 Å². The van der Waals surface area contributed by atoms with Gasteiger partial charge in [0.15, 0.2) is 18.1 Å². The molecule has 0 saturated carbocycles. The van der Waals surface area contributed by atoms with E-state index in [1.54, 1.807) is 12.3 Å². The summed E-state index contributed by atoms with van der Waals surface area (Å²) < 4.78 is 16.4. The van der Waals surface area contributed by atoms with Crippen LogP contribution < -0.4 is 14.9 Å². The van der Waals surface area contributed by atoms with Crippen molar-refractivity contribution in [1.29, 1.82) is 0 Å². The number of hydrazone groups is 1. The fraction of sp³-hybridized carbons (Fsp3) is 0.263. The molecule has 0 heterocycles. The minimum Gasteiger partial charge on any atom is -0.490 e. The van der Waals surface area contributed by atoms with E-state index >= 15 is 0 Å². The maximum Gasteiger partial charge on any atom is 0.343 e. The van der Waals surface area contributed by atoms with Crippen LogP contribution in [0, 0.1) is 0 Å². The zero-order valence-corrected chi connectivity index (χ0v) is 17.3. The van der Waals surface area contributed by atoms with Crippen LogP contribution in [0.4, 0.5) is 0 Å². The summed E-state index contributed by atoms with van der Waals surface area (Å²) in [5.74, 6) is 0.477. The first kappa shape index (κ1) is 21.1. The van der Waals surface area contributed by atoms with E-state index in [1.807, 2.05) is 37.3 Å². The number of nitrogens with zero attached hydrogens (tertiary/aromatic N) is 1. The molecular weight excluding hydrogens is 436 g/mol. The summed E-state index contributed by atoms with van der Waals surface area (Å²) in [5, 5.41) is 4.92. The predicted molar refractivity (Wildman–Crippen MR) is 109 cm³/mol. The highest BCUT2D eigenvalue weighted by atomic mass is 79.9. The molecule has 0 unspecified atom stereocenters. The third kappa shape index (κ3) is 6.77. The fourth-order valence-electron chi connectivity index (χ4n) is 2.11. The summed E-state index contributed by atoms with van der Waals surface area (Å²) in [7, 11) is 1.31. The molecule has 0 aliphatic heterocycles. The molecule has 0 atom stereocenters. The van der Waals surface area contributed by atoms with Crippen LogP contribution in [0.1, 0.15) is 18.1 Å². The third-order valence-electron chi connectivity index (χ3n) is 3.40. The zero-order valence-electron chi connectivity index (χ0n) is 15.0. The Morgan fingerprint density at radius 1 is 1.26 bits per heavy atom. The van der Waals surface area contributed by atoms with Gasteiger partial charge in [-0.1, -0.05) is 23.7 Å². The largest absolute Gasteiger partial charge is 0.490 e. The Hall–Kier alpha value is -2.25. The lowest BCUT2D eigenvalue weighted by Crippen LogP contribution is -2.13. The third-order valence-corrected chi connectivity index (χ3v) is 4.24. The first-order valence-electron chi connectivity index (χ1n) is 8.19. The summed E-state index contributed by atoms with van der Waals surface area (Å²) >= 11 is 9.31. The maximum atomic E-state index is 11.3. The molecule has 0 aliphatic rings. The molecule has 0 spiro atoms. The molecule has 1 N–H and O–H groups in total. The molecular formula is C19H20BrClN2O4. The smallest absolute Gasteiger partial charge is 0.343 e. The molecule has 6 nitrogen and oxygen atoms in total. The number of methoxy groups -OCH3 is 1. The standard InChI is InChI=1S/C19H20BrClN2O4/c1-3-26-17-9-14(8-16(20)19(17)27-12-18(24)25-2)11-23-22-10-13-4-6-15(21)7-5-13/h4-9,11,22H,3,10,12H2,1-2H3/b23-11-. The predicted octanol–water partition coefficient (Wildman–Crippen LogP) is 4.18. The number of rotatable bonds is 9. The molecule has 2 aromatic rings. The molecule has 0 amide bonds. The number of hydrogen-bond donors (Lipinski definition) is 1. The number of esters is 1. The number of benzene rings is 2. The minimum atomic E-state index is -0.471. The Morgan fingerprint density at radius 2 is 2.00 bits per heavy atom. The first-order valence-corrected chi connectivity index (χ1v) is 9.37. The average Bonchev–Trinajstić information content (AvgIpc) is 2.66. The van der Waals surface area contributed by atoms with Gasteiger partial charge in [-0.2, -0.15) is 5.10 Å². The van der Waals surface area contributed by atoms with Gasteiger partial charge in [-0.25, -0.2) is 4.79 Å². The second-order valence-electron chi connectivity index (χ2n) is 5.35. The quantitative estimate of drug-likeness (QED) is 0.349. The van der Waals surface area contributed by atoms with Crippen LogP contribution >= 0.6 is 27.5 Å². The van der Waals surface area contributed by atoms with Crippen molar-refractivity contribution in [1.82, 2.24) is 5.43 Å². The number of carbonyl (C=O) groups is 1. The van der Waals surface area contributed by atoms with Gasteiger partial charge in [-0.15, -0.1) is 0 Å². The van der Waals surface area contributed by atoms with Gasteiger partial charge in [-0.05, 0) is 58.2 Å². The molecule has 0 bridgehead atoms. The van der Waals surface area contributed by atoms with Crippen molar-refractivity contribution < 1.29 is 19.0 Å². The number of halogens is 2. The lowest BCUT2D eigenvalue weighted by atomic mass is 10.2. The highest BCUT2D eigenvalue weighted by molar-refractivity contribution is 9.10. The summed E-state index contributed by atoms with van der Waals surface area (Å²) in [6, 6.07) is 11.1. The van der Waals surface area contributed by atoms with E-state index in [0.29, 0.717) is 34.1 Å². The maximum absolute atomic E-state index is 11.3. The SMILES string of the molecule is CCOc1cc(/C=N\NCc2ccc(Cl)cc2)cc(Br)c1OCC(=O)OC. The molecule has 0 saturated heterocycles. The van der Waals surface area contributed by atoms with Crippen LogP contribution in [-0.4, -0.2) is 32.5 Å². The lowest BCUT2D eigenvalue weighted by molar-refractivity contribution is -0.142. The Bertz CT molecular complexity index is 797. The Labute approximate surface area is 171 Å². The number of ether oxygens (including phenoxy) is 3. The molecule has 144 valence electrons. The van der Waals surface area contributed by atoms with Gasteiger partial charge in [-0.3, -0.25) is 0 Å². The number of hydrogen-bond acceptors (Lipinski definition) is 6. The van der Waals surface area contributed by atoms with Gasteiger partial charge < -0.3 is 19.6 Å². The molecule has 8 heteroatoms. The van der Waals surface area contributed by atoms with Crippen molar-refractivity contribution in [2.75, 3.05) is 20.3 Å². The van der Waals surface area contributed by atoms with Crippen molar-refractivity contribution in [2.45, 2.75) is 13.5 Å². The highest BCUT2D eigenvalue weighted by Crippen LogP contribution is 2.36. The summed E-state index contributed by atoms with van der Waals surface area (Å²) in [6.45, 7) is 2.70. The first-order chi connectivity index (χ1) is 13.0. The van der Waals surface area contributed by atoms with Crippen LogP contribution in [0.25, 0.3) is 0 Å². The van der Waals surface area contributed by atoms with E-state index in [1.165, 1.54) is 7.11 Å². The minimum absolute atomic E-state index is 0.203. The van der Waals surface area contributed by atoms with Gasteiger partial charge in [0.05, 0.1) is 30.9 Å². The molecule has 0 fully saturated rings. The molecule has 2 rings (SSSR count). The van der Waals surface area contributed by atoms with Gasteiger partial charge in [0, 0.05) is 5.02 Å². The number of carbonyl (C=O) groups excluding carboxylic acids is 1. The Kier molecular flexibility index (Phi) is 8.42. The molecule has 0 aliphatic carbocycles. The van der Waals surface area contributed by atoms with Gasteiger partial charge in [0.2, 0.25) is 0 Å². The summed E-state index contributed by atoms with van der Waals surface area (Å²) in [4.78, 5) is 11.3. The number of nitrogens with one attached hydrogen (secondary N) is 1. The molecule has 2 aromatic carbocycles. The van der Waals surface area contributed by atoms with E-state index < -0.39 is 5.97 Å². The van der Waals surface area contributed by atoms with E-state index in [-0.39, 0.29) is 6.61 Å². The van der Waals surface area contributed by atoms with Crippen molar-refractivity contribution >= 4 is 39.7 Å². The van der Waals surface area contributed by atoms with Gasteiger partial charge >= 0.3 is 5.97 Å². The fourth-order valence-corrected chi connectivity index (χ4v) is 2.82. The van der Waals surface area contributed by atoms with Crippen LogP contribution in [0.3, 0.4) is 0 Å². The van der Waals surface area contributed by atoms with E-state index in [4.69, 9.17) is 21.1 Å². The van der Waals surface area contributed by atoms with Crippen LogP contribution in [-0.2, 0) is 16.1 Å². The second kappa shape index (κ2) is 10.8. The lowest BCUT2D eigenvalue weighted by Gasteiger charge is -2.13. The van der Waals surface area contributed by atoms with Gasteiger partial charge in [0.1, 0.15) is 0 Å². The molecule has 0 radical (unpaired) electrons. The van der Waals surface area contributed by atoms with Crippen molar-refractivity contribution in [3.05, 3.63) is 57.0 Å². The normalized spacial score (nSPS) is 10.7. The van der Waals surface area contributed by atoms with E-state index in [9.17, 15) is 4.79 Å². The molecule has 0 aromatic heterocycles. The Balaban J connectivity index is 2.05. The van der Waals surface area contributed by atoms with Crippen LogP contribution in [0.15, 0.2) is 46.0 Å². The molecule has 27 heavy (non-hydrogen) atoms. The van der Waals surface area contributed by atoms with E-state index in [2.05, 4.69) is 31.2 Å². The van der Waals surface area contributed by atoms with Crippen molar-refractivity contribution in [3.8, 4) is 11.5 Å². The zero-order chi connectivity index (χ0) is 19.6. The van der Waals surface area contributed by atoms with Crippen LogP contribution in [0.2, 0.25) is 5.02 Å². The average molecular weight is 456 g/mol. The Morgan fingerprint density at radius 3 is 2.67 bits per heavy atom. The van der Waals surface area contributed by atoms with Crippen molar-refractivity contribution in [2.24, 2.45) is 5.10 Å². The monoisotopic (exact) mass is 454 g/mol. The highest BCUT2D eigenvalue weighted by Gasteiger charge is 2.13. The summed E-state index contributed by atoms with van der Waals surface area (Å²) in [6.07, 6.45) is 1.67. The summed E-state index contributed by atoms with van der Waals surface area (Å²) in [5.41, 5.74) is 4.85.